The Kier molecular flexibility index (Phi) is 4.49. The van der Waals surface area contributed by atoms with E-state index in [4.69, 9.17) is 0 Å². The molecule has 2 aromatic rings. The lowest BCUT2D eigenvalue weighted by Crippen LogP contribution is -2.31. The summed E-state index contributed by atoms with van der Waals surface area (Å²) in [5.41, 5.74) is 0.0655. The van der Waals surface area contributed by atoms with E-state index in [-0.39, 0.29) is 11.1 Å². The van der Waals surface area contributed by atoms with Crippen molar-refractivity contribution >= 4 is 5.91 Å². The summed E-state index contributed by atoms with van der Waals surface area (Å²) in [6.45, 7) is -0.616. The van der Waals surface area contributed by atoms with Crippen LogP contribution < -0.4 is 5.32 Å². The summed E-state index contributed by atoms with van der Waals surface area (Å²) in [4.78, 5) is 11.9. The van der Waals surface area contributed by atoms with Gasteiger partial charge in [0.15, 0.2) is 17.5 Å². The third kappa shape index (κ3) is 3.34. The molecule has 1 amide bonds. The second-order valence-corrected chi connectivity index (χ2v) is 4.14. The zero-order valence-corrected chi connectivity index (χ0v) is 10.6. The minimum absolute atomic E-state index is 0.0933. The van der Waals surface area contributed by atoms with E-state index in [0.717, 1.165) is 0 Å². The summed E-state index contributed by atoms with van der Waals surface area (Å²) in [6.07, 6.45) is 2.48. The number of rotatable bonds is 4. The summed E-state index contributed by atoms with van der Waals surface area (Å²) in [7, 11) is 0. The highest BCUT2D eigenvalue weighted by molar-refractivity contribution is 5.94. The lowest BCUT2D eigenvalue weighted by molar-refractivity contribution is 0.0915. The van der Waals surface area contributed by atoms with Crippen LogP contribution in [0, 0.1) is 17.5 Å². The number of amides is 1. The van der Waals surface area contributed by atoms with Crippen molar-refractivity contribution in [2.75, 3.05) is 6.61 Å². The van der Waals surface area contributed by atoms with Crippen LogP contribution in [0.15, 0.2) is 30.6 Å². The van der Waals surface area contributed by atoms with Gasteiger partial charge in [-0.05, 0) is 23.8 Å². The Bertz CT molecular complexity index is 629. The van der Waals surface area contributed by atoms with E-state index in [9.17, 15) is 23.1 Å². The van der Waals surface area contributed by atoms with Gasteiger partial charge in [-0.2, -0.15) is 10.2 Å². The van der Waals surface area contributed by atoms with Gasteiger partial charge in [0, 0.05) is 0 Å². The molecule has 0 radical (unpaired) electrons. The quantitative estimate of drug-likeness (QED) is 0.836. The lowest BCUT2D eigenvalue weighted by atomic mass is 10.1. The highest BCUT2D eigenvalue weighted by atomic mass is 19.2. The number of halogens is 3. The van der Waals surface area contributed by atoms with Crippen molar-refractivity contribution in [1.82, 2.24) is 15.5 Å². The Morgan fingerprint density at radius 1 is 1.24 bits per heavy atom. The Morgan fingerprint density at radius 2 is 1.90 bits per heavy atom. The van der Waals surface area contributed by atoms with E-state index in [0.29, 0.717) is 12.1 Å². The van der Waals surface area contributed by atoms with Crippen molar-refractivity contribution in [2.45, 2.75) is 6.04 Å². The summed E-state index contributed by atoms with van der Waals surface area (Å²) in [5, 5.41) is 18.6. The van der Waals surface area contributed by atoms with Crippen molar-refractivity contribution in [3.05, 3.63) is 59.2 Å². The lowest BCUT2D eigenvalue weighted by Gasteiger charge is -2.17. The monoisotopic (exact) mass is 297 g/mol. The van der Waals surface area contributed by atoms with Crippen molar-refractivity contribution < 1.29 is 23.1 Å². The van der Waals surface area contributed by atoms with Crippen LogP contribution in [-0.2, 0) is 0 Å². The number of nitrogens with one attached hydrogen (secondary N) is 1. The highest BCUT2D eigenvalue weighted by Crippen LogP contribution is 2.19. The SMILES string of the molecule is O=C(NC(CO)c1cc(F)c(F)c(F)c1)c1ccnnc1. The predicted molar refractivity (Wildman–Crippen MR) is 65.6 cm³/mol. The largest absolute Gasteiger partial charge is 0.394 e. The molecule has 110 valence electrons. The predicted octanol–water partition coefficient (Wildman–Crippen LogP) is 1.36. The molecular formula is C13H10F3N3O2. The second-order valence-electron chi connectivity index (χ2n) is 4.14. The van der Waals surface area contributed by atoms with Gasteiger partial charge in [0.25, 0.3) is 5.91 Å². The molecule has 0 aliphatic rings. The standard InChI is InChI=1S/C13H10F3N3O2/c14-9-3-8(4-10(15)12(9)16)11(6-20)19-13(21)7-1-2-17-18-5-7/h1-5,11,20H,6H2,(H,19,21). The maximum atomic E-state index is 13.2. The normalized spacial score (nSPS) is 12.0. The molecule has 2 N–H and O–H groups in total. The van der Waals surface area contributed by atoms with Crippen LogP contribution in [0.25, 0.3) is 0 Å². The molecule has 1 aromatic heterocycles. The fraction of sp³-hybridized carbons (Fsp3) is 0.154. The molecule has 8 heteroatoms. The summed E-state index contributed by atoms with van der Waals surface area (Å²) >= 11 is 0. The zero-order valence-electron chi connectivity index (χ0n) is 10.6. The van der Waals surface area contributed by atoms with Crippen molar-refractivity contribution in [1.29, 1.82) is 0 Å². The molecule has 0 aliphatic carbocycles. The van der Waals surface area contributed by atoms with Gasteiger partial charge in [-0.15, -0.1) is 0 Å². The second kappa shape index (κ2) is 6.31. The smallest absolute Gasteiger partial charge is 0.253 e. The maximum absolute atomic E-state index is 13.2. The van der Waals surface area contributed by atoms with Crippen LogP contribution in [0.4, 0.5) is 13.2 Å². The molecule has 0 spiro atoms. The van der Waals surface area contributed by atoms with Crippen LogP contribution in [0.3, 0.4) is 0 Å². The van der Waals surface area contributed by atoms with Crippen molar-refractivity contribution in [3.8, 4) is 0 Å². The molecule has 1 unspecified atom stereocenters. The Morgan fingerprint density at radius 3 is 2.43 bits per heavy atom. The molecule has 0 aliphatic heterocycles. The average molecular weight is 297 g/mol. The molecule has 1 atom stereocenters. The van der Waals surface area contributed by atoms with Crippen LogP contribution >= 0.6 is 0 Å². The first kappa shape index (κ1) is 14.9. The number of carbonyl (C=O) groups is 1. The summed E-state index contributed by atoms with van der Waals surface area (Å²) < 4.78 is 39.2. The number of benzene rings is 1. The van der Waals surface area contributed by atoms with Gasteiger partial charge in [0.05, 0.1) is 30.6 Å². The zero-order chi connectivity index (χ0) is 15.4. The minimum Gasteiger partial charge on any atom is -0.394 e. The van der Waals surface area contributed by atoms with Crippen LogP contribution in [0.1, 0.15) is 22.0 Å². The number of carbonyl (C=O) groups excluding carboxylic acids is 1. The molecule has 2 rings (SSSR count). The number of aromatic nitrogens is 2. The minimum atomic E-state index is -1.61. The summed E-state index contributed by atoms with van der Waals surface area (Å²) in [5.74, 6) is -5.03. The molecule has 0 saturated heterocycles. The molecule has 0 bridgehead atoms. The van der Waals surface area contributed by atoms with Gasteiger partial charge < -0.3 is 10.4 Å². The van der Waals surface area contributed by atoms with E-state index < -0.39 is 36.0 Å². The Labute approximate surface area is 117 Å². The van der Waals surface area contributed by atoms with Gasteiger partial charge >= 0.3 is 0 Å². The van der Waals surface area contributed by atoms with Crippen LogP contribution in [0.5, 0.6) is 0 Å². The highest BCUT2D eigenvalue weighted by Gasteiger charge is 2.19. The number of aliphatic hydroxyl groups is 1. The molecule has 1 aromatic carbocycles. The van der Waals surface area contributed by atoms with E-state index in [1.165, 1.54) is 18.5 Å². The fourth-order valence-electron chi connectivity index (χ4n) is 1.68. The van der Waals surface area contributed by atoms with E-state index in [1.54, 1.807) is 0 Å². The first-order valence-corrected chi connectivity index (χ1v) is 5.85. The fourth-order valence-corrected chi connectivity index (χ4v) is 1.68. The van der Waals surface area contributed by atoms with E-state index >= 15 is 0 Å². The molecule has 5 nitrogen and oxygen atoms in total. The van der Waals surface area contributed by atoms with Gasteiger partial charge in [0.1, 0.15) is 0 Å². The Balaban J connectivity index is 2.23. The number of nitrogens with zero attached hydrogens (tertiary/aromatic N) is 2. The third-order valence-electron chi connectivity index (χ3n) is 2.74. The summed E-state index contributed by atoms with van der Waals surface area (Å²) in [6, 6.07) is 1.72. The van der Waals surface area contributed by atoms with E-state index in [1.807, 2.05) is 0 Å². The van der Waals surface area contributed by atoms with Crippen molar-refractivity contribution in [3.63, 3.8) is 0 Å². The van der Waals surface area contributed by atoms with Gasteiger partial charge in [-0.25, -0.2) is 13.2 Å². The first-order chi connectivity index (χ1) is 10.0. The molecule has 21 heavy (non-hydrogen) atoms. The first-order valence-electron chi connectivity index (χ1n) is 5.85. The van der Waals surface area contributed by atoms with Gasteiger partial charge in [0.2, 0.25) is 0 Å². The molecule has 0 saturated carbocycles. The van der Waals surface area contributed by atoms with Crippen LogP contribution in [-0.4, -0.2) is 27.8 Å². The number of hydrogen-bond acceptors (Lipinski definition) is 4. The molecular weight excluding hydrogens is 287 g/mol. The van der Waals surface area contributed by atoms with Crippen molar-refractivity contribution in [2.24, 2.45) is 0 Å². The van der Waals surface area contributed by atoms with E-state index in [2.05, 4.69) is 15.5 Å². The number of hydrogen-bond donors (Lipinski definition) is 2. The topological polar surface area (TPSA) is 75.1 Å². The third-order valence-corrected chi connectivity index (χ3v) is 2.74. The average Bonchev–Trinajstić information content (AvgIpc) is 2.50. The molecule has 1 heterocycles. The van der Waals surface area contributed by atoms with Crippen LogP contribution in [0.2, 0.25) is 0 Å². The maximum Gasteiger partial charge on any atom is 0.253 e. The van der Waals surface area contributed by atoms with Gasteiger partial charge in [-0.1, -0.05) is 0 Å². The number of aliphatic hydroxyl groups excluding tert-OH is 1. The molecule has 0 fully saturated rings. The van der Waals surface area contributed by atoms with Gasteiger partial charge in [-0.3, -0.25) is 4.79 Å². The Hall–Kier alpha value is -2.48.